The Hall–Kier alpha value is 2.40. The summed E-state index contributed by atoms with van der Waals surface area (Å²) >= 11 is 35.3. The second-order valence-corrected chi connectivity index (χ2v) is 16.4. The molecule has 1 fully saturated rings. The highest BCUT2D eigenvalue weighted by molar-refractivity contribution is 7.46. The summed E-state index contributed by atoms with van der Waals surface area (Å²) in [4.78, 5) is 129. The lowest BCUT2D eigenvalue weighted by molar-refractivity contribution is 0.272. The summed E-state index contributed by atoms with van der Waals surface area (Å²) in [7, 11) is -27.8. The van der Waals surface area contributed by atoms with E-state index in [0.717, 1.165) is 0 Å². The van der Waals surface area contributed by atoms with Crippen LogP contribution >= 0.6 is 117 Å². The van der Waals surface area contributed by atoms with Crippen LogP contribution in [0.1, 0.15) is 19.3 Å². The molecule has 0 unspecified atom stereocenters. The summed E-state index contributed by atoms with van der Waals surface area (Å²) < 4.78 is 49.2. The Balaban J connectivity index is -0.0000000944. The van der Waals surface area contributed by atoms with Crippen LogP contribution < -0.4 is 0 Å². The first-order valence-electron chi connectivity index (χ1n) is 8.04. The van der Waals surface area contributed by atoms with Gasteiger partial charge < -0.3 is 88.1 Å². The van der Waals surface area contributed by atoms with Crippen molar-refractivity contribution in [2.75, 3.05) is 0 Å². The van der Waals surface area contributed by atoms with Crippen molar-refractivity contribution in [1.82, 2.24) is 0 Å². The Labute approximate surface area is 263 Å². The van der Waals surface area contributed by atoms with Crippen molar-refractivity contribution >= 4 is 117 Å². The van der Waals surface area contributed by atoms with Gasteiger partial charge in [-0.3, -0.25) is 0 Å². The maximum atomic E-state index is 8.88. The van der Waals surface area contributed by atoms with Gasteiger partial charge >= 0.3 is 46.9 Å². The Morgan fingerprint density at radius 2 is 0.429 bits per heavy atom. The number of hydrogen-bond acceptors (Lipinski definition) is 6. The van der Waals surface area contributed by atoms with Gasteiger partial charge in [-0.1, -0.05) is 69.6 Å². The first-order valence-corrected chi connectivity index (χ1v) is 19.7. The van der Waals surface area contributed by atoms with Gasteiger partial charge in [0, 0.05) is 0 Å². The second-order valence-electron chi connectivity index (χ2n) is 5.92. The van der Waals surface area contributed by atoms with Crippen molar-refractivity contribution in [3.8, 4) is 0 Å². The average Bonchev–Trinajstić information content (AvgIpc) is 2.42. The molecule has 1 saturated carbocycles. The molecule has 0 atom stereocenters. The van der Waals surface area contributed by atoms with Crippen LogP contribution in [-0.4, -0.2) is 101 Å². The van der Waals surface area contributed by atoms with Gasteiger partial charge in [-0.2, -0.15) is 0 Å². The van der Waals surface area contributed by atoms with Gasteiger partial charge in [-0.25, -0.2) is 27.4 Å². The minimum atomic E-state index is -4.64. The minimum Gasteiger partial charge on any atom is -0.303 e. The molecule has 0 spiro atoms. The van der Waals surface area contributed by atoms with Gasteiger partial charge in [-0.05, 0) is 19.3 Å². The van der Waals surface area contributed by atoms with Crippen LogP contribution in [0.4, 0.5) is 0 Å². The molecule has 264 valence electrons. The molecular weight excluding hydrogens is 855 g/mol. The van der Waals surface area contributed by atoms with Crippen LogP contribution in [0, 0.1) is 0 Å². The van der Waals surface area contributed by atoms with E-state index in [1.807, 2.05) is 0 Å². The summed E-state index contributed by atoms with van der Waals surface area (Å²) in [6.45, 7) is 0. The predicted octanol–water partition coefficient (Wildman–Crippen LogP) is -0.880. The summed E-state index contributed by atoms with van der Waals surface area (Å²) in [6.07, 6.45) is 1.69. The fourth-order valence-electron chi connectivity index (χ4n) is 1.11. The molecule has 1 aliphatic carbocycles. The van der Waals surface area contributed by atoms with Crippen LogP contribution in [0.2, 0.25) is 0 Å². The number of hydrogen-bond donors (Lipinski definition) is 18. The number of phosphoric acid groups is 6. The molecule has 24 nitrogen and oxygen atoms in total. The molecule has 1 rings (SSSR count). The zero-order valence-electron chi connectivity index (χ0n) is 19.1. The lowest BCUT2D eigenvalue weighted by atomic mass is 9.97. The van der Waals surface area contributed by atoms with Crippen molar-refractivity contribution in [2.45, 2.75) is 32.3 Å². The van der Waals surface area contributed by atoms with E-state index in [4.69, 9.17) is 185 Å². The fourth-order valence-corrected chi connectivity index (χ4v) is 2.87. The Kier molecular flexibility index (Phi) is 29.9. The zero-order valence-corrected chi connectivity index (χ0v) is 29.0. The highest BCUT2D eigenvalue weighted by Gasteiger charge is 2.62. The molecule has 0 aromatic heterocycles. The van der Waals surface area contributed by atoms with Crippen molar-refractivity contribution in [2.24, 2.45) is 0 Å². The topological polar surface area (TPSA) is 467 Å². The summed E-state index contributed by atoms with van der Waals surface area (Å²) in [5, 5.41) is 0. The zero-order chi connectivity index (χ0) is 36.6. The van der Waals surface area contributed by atoms with Crippen LogP contribution in [0.5, 0.6) is 0 Å². The molecule has 0 radical (unpaired) electrons. The fraction of sp³-hybridized carbons (Fsp3) is 1.00. The molecule has 18 N–H and O–H groups in total. The quantitative estimate of drug-likeness (QED) is 0.104. The highest BCUT2D eigenvalue weighted by Crippen LogP contribution is 2.60. The van der Waals surface area contributed by atoms with E-state index >= 15 is 0 Å². The average molecular weight is 879 g/mol. The van der Waals surface area contributed by atoms with E-state index in [2.05, 4.69) is 0 Å². The summed E-state index contributed by atoms with van der Waals surface area (Å²) in [5.41, 5.74) is 0. The van der Waals surface area contributed by atoms with Crippen molar-refractivity contribution in [3.63, 3.8) is 0 Å². The minimum absolute atomic E-state index is 0.490. The molecule has 36 heteroatoms. The lowest BCUT2D eigenvalue weighted by Gasteiger charge is -2.45. The van der Waals surface area contributed by atoms with Gasteiger partial charge in [0.1, 0.15) is 0 Å². The highest BCUT2D eigenvalue weighted by atomic mass is 35.5. The molecule has 0 saturated heterocycles. The van der Waals surface area contributed by atoms with Gasteiger partial charge in [-0.15, -0.1) is 0 Å². The smallest absolute Gasteiger partial charge is 0.303 e. The Morgan fingerprint density at radius 1 is 0.333 bits per heavy atom. The van der Waals surface area contributed by atoms with Crippen LogP contribution in [0.25, 0.3) is 0 Å². The van der Waals surface area contributed by atoms with E-state index in [0.29, 0.717) is 19.3 Å². The SMILES string of the molecule is ClC1(Cl)CCCC(Cl)(Cl)C1(Cl)Cl.O=P(O)(O)O.O=P(O)(O)O.O=P(O)(O)O.O=P(O)(O)O.O=P(O)(O)O.O=P(O)(O)O. The van der Waals surface area contributed by atoms with Gasteiger partial charge in [0.2, 0.25) is 0 Å². The number of rotatable bonds is 0. The lowest BCUT2D eigenvalue weighted by Crippen LogP contribution is -2.52. The normalized spacial score (nSPS) is 17.4. The molecule has 0 bridgehead atoms. The predicted molar refractivity (Wildman–Crippen MR) is 143 cm³/mol. The third-order valence-electron chi connectivity index (χ3n) is 1.90. The van der Waals surface area contributed by atoms with Crippen LogP contribution in [0.15, 0.2) is 0 Å². The van der Waals surface area contributed by atoms with Crippen LogP contribution in [0.3, 0.4) is 0 Å². The number of alkyl halides is 6. The standard InChI is InChI=1S/C6H6Cl6.6H3O4P/c7-4(8)2-1-3-5(9,10)6(4,11)12;6*1-5(2,3)4/h1-3H2;6*(H3,1,2,3,4). The van der Waals surface area contributed by atoms with Gasteiger partial charge in [0.15, 0.2) is 13.0 Å². The third kappa shape index (κ3) is 90.1. The van der Waals surface area contributed by atoms with Gasteiger partial charge in [0.05, 0.1) is 0 Å². The van der Waals surface area contributed by atoms with Crippen molar-refractivity contribution in [1.29, 1.82) is 0 Å². The van der Waals surface area contributed by atoms with Crippen molar-refractivity contribution < 1.29 is 115 Å². The van der Waals surface area contributed by atoms with E-state index < -0.39 is 59.9 Å². The molecule has 1 aliphatic rings. The third-order valence-corrected chi connectivity index (χ3v) is 5.85. The van der Waals surface area contributed by atoms with Crippen molar-refractivity contribution in [3.05, 3.63) is 0 Å². The Bertz CT molecular complexity index is 790. The number of halogens is 6. The van der Waals surface area contributed by atoms with Crippen LogP contribution in [-0.2, 0) is 27.4 Å². The molecule has 42 heavy (non-hydrogen) atoms. The Morgan fingerprint density at radius 3 is 0.500 bits per heavy atom. The monoisotopic (exact) mass is 876 g/mol. The largest absolute Gasteiger partial charge is 0.466 e. The first kappa shape index (κ1) is 56.7. The summed E-state index contributed by atoms with van der Waals surface area (Å²) in [6, 6.07) is 0. The molecular formula is C6H24Cl6O24P6. The van der Waals surface area contributed by atoms with E-state index in [9.17, 15) is 0 Å². The first-order chi connectivity index (χ1) is 17.2. The molecule has 0 aromatic carbocycles. The molecule has 0 heterocycles. The van der Waals surface area contributed by atoms with E-state index in [1.165, 1.54) is 0 Å². The second kappa shape index (κ2) is 22.1. The molecule has 0 amide bonds. The maximum absolute atomic E-state index is 8.88. The molecule has 0 aromatic rings. The summed E-state index contributed by atoms with van der Waals surface area (Å²) in [5.74, 6) is 0. The van der Waals surface area contributed by atoms with E-state index in [-0.39, 0.29) is 0 Å². The maximum Gasteiger partial charge on any atom is 0.466 e. The van der Waals surface area contributed by atoms with Gasteiger partial charge in [0.25, 0.3) is 0 Å². The van der Waals surface area contributed by atoms with E-state index in [1.54, 1.807) is 0 Å². The molecule has 0 aliphatic heterocycles.